The molecule has 4 N–H and O–H groups in total. The molecule has 0 fully saturated rings. The van der Waals surface area contributed by atoms with Gasteiger partial charge in [0, 0.05) is 10.0 Å². The monoisotopic (exact) mass is 437 g/mol. The van der Waals surface area contributed by atoms with E-state index in [1.54, 1.807) is 0 Å². The maximum Gasteiger partial charge on any atom is 0.289 e. The number of halogens is 5. The van der Waals surface area contributed by atoms with Gasteiger partial charge >= 0.3 is 0 Å². The zero-order valence-electron chi connectivity index (χ0n) is 8.22. The average molecular weight is 440 g/mol. The van der Waals surface area contributed by atoms with Gasteiger partial charge in [0.2, 0.25) is 0 Å². The smallest absolute Gasteiger partial charge is 0.289 e. The fraction of sp³-hybridized carbons (Fsp3) is 0.333. The van der Waals surface area contributed by atoms with Crippen molar-refractivity contribution in [2.24, 2.45) is 5.73 Å². The van der Waals surface area contributed by atoms with Crippen LogP contribution in [0.2, 0.25) is 0 Å². The van der Waals surface area contributed by atoms with E-state index in [2.05, 4.69) is 47.8 Å². The van der Waals surface area contributed by atoms with Crippen molar-refractivity contribution in [1.82, 2.24) is 0 Å². The molecule has 1 atom stereocenters. The molecule has 0 unspecified atom stereocenters. The second-order valence-corrected chi connectivity index (χ2v) is 5.81. The molecule has 1 aromatic carbocycles. The van der Waals surface area contributed by atoms with Gasteiger partial charge in [-0.1, -0.05) is 15.9 Å². The van der Waals surface area contributed by atoms with Gasteiger partial charge in [-0.15, -0.1) is 0 Å². The minimum absolute atomic E-state index is 0.00949. The van der Waals surface area contributed by atoms with Gasteiger partial charge in [-0.05, 0) is 37.9 Å². The zero-order valence-corrected chi connectivity index (χ0v) is 13.0. The van der Waals surface area contributed by atoms with Gasteiger partial charge in [-0.3, -0.25) is 0 Å². The lowest BCUT2D eigenvalue weighted by Crippen LogP contribution is -2.36. The molecule has 0 heterocycles. The molecule has 0 aromatic heterocycles. The van der Waals surface area contributed by atoms with Gasteiger partial charge in [-0.25, -0.2) is 8.78 Å². The minimum atomic E-state index is -3.48. The molecule has 1 aromatic rings. The van der Waals surface area contributed by atoms with Crippen LogP contribution in [0.4, 0.5) is 8.78 Å². The molecule has 0 aliphatic rings. The third-order valence-electron chi connectivity index (χ3n) is 2.16. The van der Waals surface area contributed by atoms with E-state index in [9.17, 15) is 13.9 Å². The predicted octanol–water partition coefficient (Wildman–Crippen LogP) is 3.31. The average Bonchev–Trinajstić information content (AvgIpc) is 2.26. The molecule has 17 heavy (non-hydrogen) atoms. The summed E-state index contributed by atoms with van der Waals surface area (Å²) in [5.41, 5.74) is 5.40. The molecule has 8 heteroatoms. The number of alkyl halides is 2. The molecule has 0 radical (unpaired) electrons. The number of aromatic hydroxyl groups is 1. The Morgan fingerprint density at radius 3 is 2.29 bits per heavy atom. The molecular formula is C9H8Br3F2NO2. The number of aliphatic hydroxyl groups is 1. The van der Waals surface area contributed by atoms with Gasteiger partial charge in [0.15, 0.2) is 0 Å². The summed E-state index contributed by atoms with van der Waals surface area (Å²) in [6.07, 6.45) is 0. The molecule has 0 saturated carbocycles. The Morgan fingerprint density at radius 2 is 1.82 bits per heavy atom. The molecule has 0 amide bonds. The minimum Gasteiger partial charge on any atom is -0.506 e. The molecular weight excluding hydrogens is 432 g/mol. The van der Waals surface area contributed by atoms with Crippen LogP contribution in [0.1, 0.15) is 11.6 Å². The third-order valence-corrected chi connectivity index (χ3v) is 4.22. The summed E-state index contributed by atoms with van der Waals surface area (Å²) in [6.45, 7) is -1.37. The first-order valence-electron chi connectivity index (χ1n) is 4.33. The lowest BCUT2D eigenvalue weighted by molar-refractivity contribution is -0.0715. The Labute approximate surface area is 121 Å². The van der Waals surface area contributed by atoms with E-state index >= 15 is 0 Å². The van der Waals surface area contributed by atoms with Crippen molar-refractivity contribution in [3.63, 3.8) is 0 Å². The van der Waals surface area contributed by atoms with Gasteiger partial charge in [0.25, 0.3) is 5.92 Å². The maximum absolute atomic E-state index is 13.3. The van der Waals surface area contributed by atoms with Gasteiger partial charge < -0.3 is 15.9 Å². The Bertz CT molecular complexity index is 443. The number of hydrogen-bond donors (Lipinski definition) is 3. The number of hydrogen-bond acceptors (Lipinski definition) is 3. The Hall–Kier alpha value is 0.240. The Kier molecular flexibility index (Phi) is 4.93. The zero-order chi connectivity index (χ0) is 13.4. The Morgan fingerprint density at radius 1 is 1.29 bits per heavy atom. The highest BCUT2D eigenvalue weighted by atomic mass is 79.9. The van der Waals surface area contributed by atoms with Crippen LogP contribution in [0.15, 0.2) is 19.5 Å². The fourth-order valence-corrected chi connectivity index (χ4v) is 3.80. The van der Waals surface area contributed by atoms with Crippen LogP contribution in [-0.4, -0.2) is 22.7 Å². The van der Waals surface area contributed by atoms with Crippen molar-refractivity contribution in [3.05, 3.63) is 25.0 Å². The molecule has 0 aliphatic heterocycles. The van der Waals surface area contributed by atoms with E-state index in [1.165, 1.54) is 6.07 Å². The number of rotatable bonds is 3. The van der Waals surface area contributed by atoms with Gasteiger partial charge in [0.1, 0.15) is 12.4 Å². The number of nitrogens with two attached hydrogens (primary N) is 1. The highest BCUT2D eigenvalue weighted by Crippen LogP contribution is 2.44. The third kappa shape index (κ3) is 2.98. The van der Waals surface area contributed by atoms with Crippen molar-refractivity contribution >= 4 is 47.8 Å². The predicted molar refractivity (Wildman–Crippen MR) is 70.2 cm³/mol. The normalized spacial score (nSPS) is 13.8. The molecule has 3 nitrogen and oxygen atoms in total. The summed E-state index contributed by atoms with van der Waals surface area (Å²) in [5.74, 6) is -3.71. The van der Waals surface area contributed by atoms with E-state index in [4.69, 9.17) is 10.8 Å². The number of benzene rings is 1. The first kappa shape index (κ1) is 15.3. The van der Waals surface area contributed by atoms with E-state index in [1.807, 2.05) is 0 Å². The second kappa shape index (κ2) is 5.48. The molecule has 0 saturated heterocycles. The largest absolute Gasteiger partial charge is 0.506 e. The number of aliphatic hydroxyl groups excluding tert-OH is 1. The number of phenols is 1. The Balaban J connectivity index is 3.37. The van der Waals surface area contributed by atoms with Crippen molar-refractivity contribution in [3.8, 4) is 5.75 Å². The molecule has 96 valence electrons. The summed E-state index contributed by atoms with van der Waals surface area (Å²) in [5, 5.41) is 18.2. The van der Waals surface area contributed by atoms with Gasteiger partial charge in [0.05, 0.1) is 15.0 Å². The molecule has 0 spiro atoms. The van der Waals surface area contributed by atoms with Gasteiger partial charge in [-0.2, -0.15) is 0 Å². The van der Waals surface area contributed by atoms with Crippen LogP contribution < -0.4 is 5.73 Å². The first-order valence-corrected chi connectivity index (χ1v) is 6.71. The van der Waals surface area contributed by atoms with Crippen molar-refractivity contribution in [2.45, 2.75) is 12.0 Å². The summed E-state index contributed by atoms with van der Waals surface area (Å²) < 4.78 is 27.3. The lowest BCUT2D eigenvalue weighted by Gasteiger charge is -2.24. The van der Waals surface area contributed by atoms with Crippen molar-refractivity contribution in [2.75, 3.05) is 6.61 Å². The lowest BCUT2D eigenvalue weighted by atomic mass is 10.0. The summed E-state index contributed by atoms with van der Waals surface area (Å²) in [6, 6.07) is -0.335. The van der Waals surface area contributed by atoms with Crippen molar-refractivity contribution < 1.29 is 19.0 Å². The summed E-state index contributed by atoms with van der Waals surface area (Å²) in [7, 11) is 0. The van der Waals surface area contributed by atoms with Crippen LogP contribution in [0, 0.1) is 0 Å². The van der Waals surface area contributed by atoms with Crippen LogP contribution in [0.25, 0.3) is 0 Å². The quantitative estimate of drug-likeness (QED) is 0.677. The van der Waals surface area contributed by atoms with E-state index in [-0.39, 0.29) is 15.8 Å². The van der Waals surface area contributed by atoms with Crippen LogP contribution in [-0.2, 0) is 0 Å². The fourth-order valence-electron chi connectivity index (χ4n) is 1.19. The van der Waals surface area contributed by atoms with E-state index in [0.29, 0.717) is 8.95 Å². The number of phenolic OH excluding ortho intramolecular Hbond substituents is 1. The molecule has 1 rings (SSSR count). The standard InChI is InChI=1S/C9H8Br3F2NO2/c10-3-1-4(11)7(17)6(12)5(3)8(15)9(13,14)2-16/h1,8,16-17H,2,15H2/t8-/m1/s1. The first-order chi connectivity index (χ1) is 7.72. The van der Waals surface area contributed by atoms with Crippen LogP contribution >= 0.6 is 47.8 Å². The van der Waals surface area contributed by atoms with Crippen molar-refractivity contribution in [1.29, 1.82) is 0 Å². The highest BCUT2D eigenvalue weighted by Gasteiger charge is 2.40. The second-order valence-electron chi connectivity index (χ2n) is 3.31. The summed E-state index contributed by atoms with van der Waals surface area (Å²) >= 11 is 9.15. The van der Waals surface area contributed by atoms with Crippen LogP contribution in [0.3, 0.4) is 0 Å². The van der Waals surface area contributed by atoms with E-state index < -0.39 is 18.6 Å². The SMILES string of the molecule is N[C@H](c1c(Br)cc(Br)c(O)c1Br)C(F)(F)CO. The maximum atomic E-state index is 13.3. The topological polar surface area (TPSA) is 66.5 Å². The van der Waals surface area contributed by atoms with Crippen LogP contribution in [0.5, 0.6) is 5.75 Å². The van der Waals surface area contributed by atoms with E-state index in [0.717, 1.165) is 0 Å². The molecule has 0 aliphatic carbocycles. The summed E-state index contributed by atoms with van der Waals surface area (Å²) in [4.78, 5) is 0. The molecule has 0 bridgehead atoms. The highest BCUT2D eigenvalue weighted by molar-refractivity contribution is 9.11.